The van der Waals surface area contributed by atoms with Gasteiger partial charge in [-0.3, -0.25) is 0 Å². The lowest BCUT2D eigenvalue weighted by atomic mass is 10.0. The van der Waals surface area contributed by atoms with Crippen LogP contribution in [-0.4, -0.2) is 0 Å². The van der Waals surface area contributed by atoms with Crippen molar-refractivity contribution in [3.8, 4) is 0 Å². The summed E-state index contributed by atoms with van der Waals surface area (Å²) in [4.78, 5) is 0. The first-order valence-corrected chi connectivity index (χ1v) is 6.95. The molecule has 0 aliphatic rings. The standard InChI is InChI=1S/C14H20Cl2/c1-2-3-4-5-6-7-14(16)12-8-10-13(15)11-9-12/h8-11,14H,2-7H2,1H3. The largest absolute Gasteiger partial charge is 0.118 e. The Morgan fingerprint density at radius 3 is 2.25 bits per heavy atom. The number of rotatable bonds is 7. The highest BCUT2D eigenvalue weighted by molar-refractivity contribution is 6.30. The number of alkyl halides is 1. The third kappa shape index (κ3) is 5.23. The smallest absolute Gasteiger partial charge is 0.0585 e. The number of halogens is 2. The average Bonchev–Trinajstić information content (AvgIpc) is 2.29. The molecule has 0 aromatic heterocycles. The van der Waals surface area contributed by atoms with Gasteiger partial charge in [-0.15, -0.1) is 11.6 Å². The molecule has 1 atom stereocenters. The minimum Gasteiger partial charge on any atom is -0.118 e. The lowest BCUT2D eigenvalue weighted by Crippen LogP contribution is -1.90. The highest BCUT2D eigenvalue weighted by Gasteiger charge is 2.06. The van der Waals surface area contributed by atoms with Crippen LogP contribution in [0, 0.1) is 0 Å². The summed E-state index contributed by atoms with van der Waals surface area (Å²) in [6, 6.07) is 7.85. The maximum Gasteiger partial charge on any atom is 0.0585 e. The van der Waals surface area contributed by atoms with Crippen LogP contribution in [0.4, 0.5) is 0 Å². The quantitative estimate of drug-likeness (QED) is 0.417. The second kappa shape index (κ2) is 7.97. The van der Waals surface area contributed by atoms with Crippen molar-refractivity contribution < 1.29 is 0 Å². The molecule has 0 saturated carbocycles. The van der Waals surface area contributed by atoms with E-state index in [2.05, 4.69) is 6.92 Å². The Kier molecular flexibility index (Phi) is 6.91. The average molecular weight is 259 g/mol. The molecule has 1 aromatic rings. The van der Waals surface area contributed by atoms with Crippen LogP contribution < -0.4 is 0 Å². The molecule has 1 unspecified atom stereocenters. The van der Waals surface area contributed by atoms with E-state index in [4.69, 9.17) is 23.2 Å². The van der Waals surface area contributed by atoms with E-state index in [0.717, 1.165) is 11.4 Å². The van der Waals surface area contributed by atoms with Crippen molar-refractivity contribution in [2.24, 2.45) is 0 Å². The maximum atomic E-state index is 6.33. The van der Waals surface area contributed by atoms with Gasteiger partial charge in [0.15, 0.2) is 0 Å². The van der Waals surface area contributed by atoms with E-state index in [1.54, 1.807) is 0 Å². The summed E-state index contributed by atoms with van der Waals surface area (Å²) in [5.41, 5.74) is 1.18. The Morgan fingerprint density at radius 1 is 1.00 bits per heavy atom. The molecule has 0 saturated heterocycles. The molecular formula is C14H20Cl2. The summed E-state index contributed by atoms with van der Waals surface area (Å²) >= 11 is 12.2. The molecule has 0 fully saturated rings. The van der Waals surface area contributed by atoms with Gasteiger partial charge in [0.1, 0.15) is 0 Å². The molecule has 0 aliphatic heterocycles. The summed E-state index contributed by atoms with van der Waals surface area (Å²) in [7, 11) is 0. The van der Waals surface area contributed by atoms with Crippen molar-refractivity contribution in [1.82, 2.24) is 0 Å². The SMILES string of the molecule is CCCCCCCC(Cl)c1ccc(Cl)cc1. The first-order valence-electron chi connectivity index (χ1n) is 6.13. The van der Waals surface area contributed by atoms with E-state index >= 15 is 0 Å². The van der Waals surface area contributed by atoms with Gasteiger partial charge in [-0.05, 0) is 24.1 Å². The minimum atomic E-state index is 0.138. The normalized spacial score (nSPS) is 12.7. The molecule has 0 bridgehead atoms. The van der Waals surface area contributed by atoms with Gasteiger partial charge < -0.3 is 0 Å². The monoisotopic (exact) mass is 258 g/mol. The number of hydrogen-bond acceptors (Lipinski definition) is 0. The van der Waals surface area contributed by atoms with Gasteiger partial charge in [-0.2, -0.15) is 0 Å². The van der Waals surface area contributed by atoms with Gasteiger partial charge in [0.2, 0.25) is 0 Å². The van der Waals surface area contributed by atoms with Crippen LogP contribution >= 0.6 is 23.2 Å². The first kappa shape index (κ1) is 13.9. The molecule has 0 heterocycles. The van der Waals surface area contributed by atoms with E-state index in [1.807, 2.05) is 24.3 Å². The van der Waals surface area contributed by atoms with E-state index < -0.39 is 0 Å². The molecule has 0 nitrogen and oxygen atoms in total. The van der Waals surface area contributed by atoms with Gasteiger partial charge in [0.25, 0.3) is 0 Å². The zero-order chi connectivity index (χ0) is 11.8. The fourth-order valence-electron chi connectivity index (χ4n) is 1.77. The van der Waals surface area contributed by atoms with Crippen LogP contribution in [0.5, 0.6) is 0 Å². The van der Waals surface area contributed by atoms with E-state index in [9.17, 15) is 0 Å². The molecule has 0 N–H and O–H groups in total. The van der Waals surface area contributed by atoms with Crippen LogP contribution in [-0.2, 0) is 0 Å². The third-order valence-corrected chi connectivity index (χ3v) is 3.51. The van der Waals surface area contributed by atoms with Crippen molar-refractivity contribution in [3.05, 3.63) is 34.9 Å². The highest BCUT2D eigenvalue weighted by Crippen LogP contribution is 2.27. The minimum absolute atomic E-state index is 0.138. The van der Waals surface area contributed by atoms with Crippen LogP contribution in [0.2, 0.25) is 5.02 Å². The van der Waals surface area contributed by atoms with Gasteiger partial charge in [-0.25, -0.2) is 0 Å². The summed E-state index contributed by atoms with van der Waals surface area (Å²) in [5, 5.41) is 0.912. The lowest BCUT2D eigenvalue weighted by Gasteiger charge is -2.09. The second-order valence-electron chi connectivity index (χ2n) is 4.22. The van der Waals surface area contributed by atoms with Gasteiger partial charge >= 0.3 is 0 Å². The Labute approximate surface area is 109 Å². The Balaban J connectivity index is 2.24. The summed E-state index contributed by atoms with van der Waals surface area (Å²) < 4.78 is 0. The Hall–Kier alpha value is -0.200. The number of benzene rings is 1. The lowest BCUT2D eigenvalue weighted by molar-refractivity contribution is 0.601. The van der Waals surface area contributed by atoms with E-state index in [0.29, 0.717) is 0 Å². The molecular weight excluding hydrogens is 239 g/mol. The van der Waals surface area contributed by atoms with Crippen LogP contribution in [0.15, 0.2) is 24.3 Å². The predicted octanol–water partition coefficient (Wildman–Crippen LogP) is 5.98. The predicted molar refractivity (Wildman–Crippen MR) is 73.4 cm³/mol. The molecule has 0 aliphatic carbocycles. The van der Waals surface area contributed by atoms with Crippen LogP contribution in [0.25, 0.3) is 0 Å². The molecule has 0 spiro atoms. The van der Waals surface area contributed by atoms with Gasteiger partial charge in [0.05, 0.1) is 5.38 Å². The molecule has 2 heteroatoms. The van der Waals surface area contributed by atoms with Crippen molar-refractivity contribution >= 4 is 23.2 Å². The number of hydrogen-bond donors (Lipinski definition) is 0. The topological polar surface area (TPSA) is 0 Å². The van der Waals surface area contributed by atoms with E-state index in [1.165, 1.54) is 37.7 Å². The molecule has 0 amide bonds. The summed E-state index contributed by atoms with van der Waals surface area (Å²) in [5.74, 6) is 0. The molecule has 1 aromatic carbocycles. The molecule has 90 valence electrons. The zero-order valence-electron chi connectivity index (χ0n) is 9.89. The fraction of sp³-hybridized carbons (Fsp3) is 0.571. The zero-order valence-corrected chi connectivity index (χ0v) is 11.4. The molecule has 1 rings (SSSR count). The Morgan fingerprint density at radius 2 is 1.62 bits per heavy atom. The van der Waals surface area contributed by atoms with E-state index in [-0.39, 0.29) is 5.38 Å². The van der Waals surface area contributed by atoms with Gasteiger partial charge in [0, 0.05) is 5.02 Å². The maximum absolute atomic E-state index is 6.33. The van der Waals surface area contributed by atoms with Gasteiger partial charge in [-0.1, -0.05) is 62.8 Å². The summed E-state index contributed by atoms with van der Waals surface area (Å²) in [6.45, 7) is 2.23. The number of unbranched alkanes of at least 4 members (excludes halogenated alkanes) is 4. The van der Waals surface area contributed by atoms with Crippen LogP contribution in [0.1, 0.15) is 56.4 Å². The molecule has 0 radical (unpaired) electrons. The summed E-state index contributed by atoms with van der Waals surface area (Å²) in [6.07, 6.45) is 7.55. The van der Waals surface area contributed by atoms with Crippen molar-refractivity contribution in [2.75, 3.05) is 0 Å². The second-order valence-corrected chi connectivity index (χ2v) is 5.19. The fourth-order valence-corrected chi connectivity index (χ4v) is 2.19. The van der Waals surface area contributed by atoms with Crippen molar-refractivity contribution in [3.63, 3.8) is 0 Å². The van der Waals surface area contributed by atoms with Crippen LogP contribution in [0.3, 0.4) is 0 Å². The third-order valence-electron chi connectivity index (χ3n) is 2.79. The van der Waals surface area contributed by atoms with Crippen molar-refractivity contribution in [2.45, 2.75) is 50.8 Å². The molecule has 16 heavy (non-hydrogen) atoms. The highest BCUT2D eigenvalue weighted by atomic mass is 35.5. The first-order chi connectivity index (χ1) is 7.74. The Bertz CT molecular complexity index is 279. The van der Waals surface area contributed by atoms with Crippen molar-refractivity contribution in [1.29, 1.82) is 0 Å².